The van der Waals surface area contributed by atoms with Crippen LogP contribution < -0.4 is 0 Å². The maximum Gasteiger partial charge on any atom is 0.141 e. The van der Waals surface area contributed by atoms with Gasteiger partial charge in [-0.05, 0) is 59.0 Å². The second-order valence-corrected chi connectivity index (χ2v) is 5.68. The second-order valence-electron chi connectivity index (χ2n) is 4.93. The van der Waals surface area contributed by atoms with E-state index in [1.165, 1.54) is 24.2 Å². The number of fused-ring (bicyclic) bond motifs is 1. The molecule has 0 aliphatic carbocycles. The van der Waals surface area contributed by atoms with Crippen LogP contribution >= 0.6 is 15.9 Å². The summed E-state index contributed by atoms with van der Waals surface area (Å²) < 4.78 is 16.1. The van der Waals surface area contributed by atoms with E-state index in [-0.39, 0.29) is 5.82 Å². The number of hydrogen-bond acceptors (Lipinski definition) is 1. The summed E-state index contributed by atoms with van der Waals surface area (Å²) in [5.41, 5.74) is 2.23. The Bertz CT molecular complexity index is 574. The Labute approximate surface area is 114 Å². The Hall–Kier alpha value is -1.16. The largest absolute Gasteiger partial charge is 0.327 e. The molecular weight excluding hydrogens is 295 g/mol. The average molecular weight is 309 g/mol. The maximum atomic E-state index is 13.0. The lowest BCUT2D eigenvalue weighted by atomic mass is 9.98. The highest BCUT2D eigenvalue weighted by Crippen LogP contribution is 2.32. The Morgan fingerprint density at radius 2 is 2.06 bits per heavy atom. The first-order valence-corrected chi connectivity index (χ1v) is 6.95. The molecule has 1 aromatic heterocycles. The fourth-order valence-electron chi connectivity index (χ4n) is 2.49. The topological polar surface area (TPSA) is 17.8 Å². The van der Waals surface area contributed by atoms with Gasteiger partial charge in [-0.1, -0.05) is 6.92 Å². The lowest BCUT2D eigenvalue weighted by molar-refractivity contribution is 0.418. The van der Waals surface area contributed by atoms with Crippen molar-refractivity contribution >= 4 is 15.9 Å². The minimum Gasteiger partial charge on any atom is -0.327 e. The Balaban J connectivity index is 2.08. The molecule has 1 atom stereocenters. The highest BCUT2D eigenvalue weighted by Gasteiger charge is 2.22. The van der Waals surface area contributed by atoms with Gasteiger partial charge < -0.3 is 4.57 Å². The Morgan fingerprint density at radius 3 is 2.78 bits per heavy atom. The van der Waals surface area contributed by atoms with Crippen molar-refractivity contribution in [1.29, 1.82) is 0 Å². The quantitative estimate of drug-likeness (QED) is 0.777. The highest BCUT2D eigenvalue weighted by molar-refractivity contribution is 9.10. The zero-order valence-corrected chi connectivity index (χ0v) is 11.7. The van der Waals surface area contributed by atoms with Crippen molar-refractivity contribution in [2.24, 2.45) is 5.92 Å². The van der Waals surface area contributed by atoms with Gasteiger partial charge in [-0.2, -0.15) is 0 Å². The van der Waals surface area contributed by atoms with Gasteiger partial charge in [-0.25, -0.2) is 9.37 Å². The number of hydrogen-bond donors (Lipinski definition) is 0. The fourth-order valence-corrected chi connectivity index (χ4v) is 3.04. The molecule has 0 spiro atoms. The van der Waals surface area contributed by atoms with Crippen LogP contribution in [0.1, 0.15) is 19.0 Å². The predicted molar refractivity (Wildman–Crippen MR) is 72.8 cm³/mol. The summed E-state index contributed by atoms with van der Waals surface area (Å²) in [6.07, 6.45) is 2.22. The third-order valence-corrected chi connectivity index (χ3v) is 4.15. The zero-order chi connectivity index (χ0) is 12.7. The van der Waals surface area contributed by atoms with Gasteiger partial charge in [0, 0.05) is 12.1 Å². The molecule has 3 rings (SSSR count). The van der Waals surface area contributed by atoms with Crippen LogP contribution in [0.25, 0.3) is 11.4 Å². The third kappa shape index (κ3) is 1.99. The van der Waals surface area contributed by atoms with Gasteiger partial charge in [0.05, 0.1) is 5.69 Å². The summed E-state index contributed by atoms with van der Waals surface area (Å²) in [6, 6.07) is 6.54. The van der Waals surface area contributed by atoms with Gasteiger partial charge in [0.1, 0.15) is 16.2 Å². The van der Waals surface area contributed by atoms with E-state index < -0.39 is 0 Å². The van der Waals surface area contributed by atoms with Crippen molar-refractivity contribution < 1.29 is 4.39 Å². The van der Waals surface area contributed by atoms with Gasteiger partial charge >= 0.3 is 0 Å². The molecule has 2 nitrogen and oxygen atoms in total. The van der Waals surface area contributed by atoms with Gasteiger partial charge in [0.25, 0.3) is 0 Å². The predicted octanol–water partition coefficient (Wildman–Crippen LogP) is 4.03. The number of halogens is 2. The van der Waals surface area contributed by atoms with E-state index in [0.29, 0.717) is 5.92 Å². The fraction of sp³-hybridized carbons (Fsp3) is 0.357. The van der Waals surface area contributed by atoms with E-state index in [1.807, 2.05) is 0 Å². The molecule has 0 fully saturated rings. The van der Waals surface area contributed by atoms with E-state index in [2.05, 4.69) is 32.4 Å². The molecular formula is C14H14BrFN2. The van der Waals surface area contributed by atoms with Crippen LogP contribution in [0.3, 0.4) is 0 Å². The Kier molecular flexibility index (Phi) is 2.98. The molecule has 2 aromatic rings. The van der Waals surface area contributed by atoms with Crippen LogP contribution in [0.4, 0.5) is 4.39 Å². The number of aromatic nitrogens is 2. The molecule has 1 aromatic carbocycles. The highest BCUT2D eigenvalue weighted by atomic mass is 79.9. The van der Waals surface area contributed by atoms with E-state index in [0.717, 1.165) is 29.0 Å². The first kappa shape index (κ1) is 11.9. The molecule has 0 radical (unpaired) electrons. The van der Waals surface area contributed by atoms with Crippen LogP contribution in [0.5, 0.6) is 0 Å². The van der Waals surface area contributed by atoms with Crippen molar-refractivity contribution in [2.75, 3.05) is 0 Å². The van der Waals surface area contributed by atoms with Crippen molar-refractivity contribution in [1.82, 2.24) is 9.55 Å². The molecule has 0 bridgehead atoms. The molecule has 94 valence electrons. The van der Waals surface area contributed by atoms with Crippen molar-refractivity contribution in [3.8, 4) is 11.4 Å². The first-order chi connectivity index (χ1) is 8.65. The molecule has 0 N–H and O–H groups in total. The summed E-state index contributed by atoms with van der Waals surface area (Å²) in [5.74, 6) is 1.42. The van der Waals surface area contributed by atoms with Crippen LogP contribution in [0.2, 0.25) is 0 Å². The molecule has 0 saturated carbocycles. The average Bonchev–Trinajstić information content (AvgIpc) is 2.68. The normalized spacial score (nSPS) is 18.7. The molecule has 1 aliphatic heterocycles. The summed E-state index contributed by atoms with van der Waals surface area (Å²) in [5, 5.41) is 0. The van der Waals surface area contributed by atoms with Gasteiger partial charge in [-0.15, -0.1) is 0 Å². The zero-order valence-electron chi connectivity index (χ0n) is 10.2. The van der Waals surface area contributed by atoms with E-state index >= 15 is 0 Å². The summed E-state index contributed by atoms with van der Waals surface area (Å²) in [7, 11) is 0. The lowest BCUT2D eigenvalue weighted by Crippen LogP contribution is -2.17. The third-order valence-electron chi connectivity index (χ3n) is 3.51. The van der Waals surface area contributed by atoms with Crippen molar-refractivity contribution in [3.63, 3.8) is 0 Å². The van der Waals surface area contributed by atoms with Crippen molar-refractivity contribution in [2.45, 2.75) is 26.3 Å². The molecule has 0 saturated heterocycles. The number of imidazole rings is 1. The van der Waals surface area contributed by atoms with Crippen LogP contribution in [-0.2, 0) is 13.0 Å². The van der Waals surface area contributed by atoms with Gasteiger partial charge in [0.2, 0.25) is 0 Å². The van der Waals surface area contributed by atoms with Crippen LogP contribution in [0.15, 0.2) is 28.9 Å². The molecule has 4 heteroatoms. The summed E-state index contributed by atoms with van der Waals surface area (Å²) in [6.45, 7) is 3.25. The van der Waals surface area contributed by atoms with Gasteiger partial charge in [-0.3, -0.25) is 0 Å². The van der Waals surface area contributed by atoms with Crippen LogP contribution in [0, 0.1) is 11.7 Å². The van der Waals surface area contributed by atoms with Crippen LogP contribution in [-0.4, -0.2) is 9.55 Å². The number of nitrogens with zero attached hydrogens (tertiary/aromatic N) is 2. The minimum atomic E-state index is -0.211. The Morgan fingerprint density at radius 1 is 1.33 bits per heavy atom. The van der Waals surface area contributed by atoms with Gasteiger partial charge in [0.15, 0.2) is 0 Å². The first-order valence-electron chi connectivity index (χ1n) is 6.16. The van der Waals surface area contributed by atoms with E-state index in [1.54, 1.807) is 12.1 Å². The molecule has 1 aliphatic rings. The monoisotopic (exact) mass is 308 g/mol. The van der Waals surface area contributed by atoms with E-state index in [9.17, 15) is 4.39 Å². The summed E-state index contributed by atoms with van der Waals surface area (Å²) >= 11 is 3.54. The number of rotatable bonds is 1. The van der Waals surface area contributed by atoms with E-state index in [4.69, 9.17) is 0 Å². The molecule has 0 amide bonds. The minimum absolute atomic E-state index is 0.211. The molecule has 1 unspecified atom stereocenters. The van der Waals surface area contributed by atoms with Crippen molar-refractivity contribution in [3.05, 3.63) is 40.4 Å². The second kappa shape index (κ2) is 4.50. The lowest BCUT2D eigenvalue weighted by Gasteiger charge is -2.22. The molecule has 2 heterocycles. The maximum absolute atomic E-state index is 13.0. The molecule has 18 heavy (non-hydrogen) atoms. The number of benzene rings is 1. The summed E-state index contributed by atoms with van der Waals surface area (Å²) in [4.78, 5) is 4.58. The smallest absolute Gasteiger partial charge is 0.141 e. The SMILES string of the molecule is CC1CCn2c(-c3ccc(F)cc3)nc(Br)c2C1. The standard InChI is InChI=1S/C14H14BrFN2/c1-9-6-7-18-12(8-9)13(15)17-14(18)10-2-4-11(16)5-3-10/h2-5,9H,6-8H2,1H3.